The molecule has 1 aromatic heterocycles. The number of thiazole rings is 1. The van der Waals surface area contributed by atoms with Gasteiger partial charge in [0.15, 0.2) is 0 Å². The summed E-state index contributed by atoms with van der Waals surface area (Å²) in [6.07, 6.45) is 0.716. The van der Waals surface area contributed by atoms with Crippen molar-refractivity contribution in [3.05, 3.63) is 76.0 Å². The van der Waals surface area contributed by atoms with Crippen molar-refractivity contribution in [2.24, 2.45) is 0 Å². The Balaban J connectivity index is 1.62. The van der Waals surface area contributed by atoms with Crippen molar-refractivity contribution in [1.82, 2.24) is 4.98 Å². The number of hydrogen-bond donors (Lipinski definition) is 0. The Morgan fingerprint density at radius 1 is 1.23 bits per heavy atom. The third kappa shape index (κ3) is 3.52. The van der Waals surface area contributed by atoms with Crippen LogP contribution in [0.25, 0.3) is 0 Å². The van der Waals surface area contributed by atoms with E-state index in [-0.39, 0.29) is 17.0 Å². The SMILES string of the molecule is Cc1nc(CN(C(=O)C2Cc3ccccc3S2)c2ccc(F)cc2)cs1. The minimum absolute atomic E-state index is 0.0310. The molecule has 1 aliphatic rings. The highest BCUT2D eigenvalue weighted by molar-refractivity contribution is 8.01. The summed E-state index contributed by atoms with van der Waals surface area (Å²) in [5.74, 6) is -0.281. The van der Waals surface area contributed by atoms with Crippen LogP contribution in [0.1, 0.15) is 16.3 Å². The van der Waals surface area contributed by atoms with Gasteiger partial charge < -0.3 is 4.90 Å². The van der Waals surface area contributed by atoms with E-state index in [0.29, 0.717) is 18.7 Å². The van der Waals surface area contributed by atoms with Crippen LogP contribution < -0.4 is 4.90 Å². The Morgan fingerprint density at radius 3 is 2.69 bits per heavy atom. The van der Waals surface area contributed by atoms with Crippen molar-refractivity contribution < 1.29 is 9.18 Å². The van der Waals surface area contributed by atoms with Gasteiger partial charge in [0, 0.05) is 16.0 Å². The van der Waals surface area contributed by atoms with Crippen LogP contribution >= 0.6 is 23.1 Å². The fourth-order valence-corrected chi connectivity index (χ4v) is 4.92. The maximum atomic E-state index is 13.3. The first-order chi connectivity index (χ1) is 12.6. The van der Waals surface area contributed by atoms with Gasteiger partial charge in [0.05, 0.1) is 22.5 Å². The topological polar surface area (TPSA) is 33.2 Å². The van der Waals surface area contributed by atoms with Crippen LogP contribution in [-0.4, -0.2) is 16.1 Å². The number of thioether (sulfide) groups is 1. The van der Waals surface area contributed by atoms with Crippen molar-refractivity contribution in [3.8, 4) is 0 Å². The van der Waals surface area contributed by atoms with Gasteiger partial charge in [0.25, 0.3) is 0 Å². The number of aryl methyl sites for hydroxylation is 1. The molecule has 2 aromatic carbocycles. The average Bonchev–Trinajstić information content (AvgIpc) is 3.26. The number of rotatable bonds is 4. The molecule has 3 aromatic rings. The number of carbonyl (C=O) groups excluding carboxylic acids is 1. The number of aromatic nitrogens is 1. The molecular weight excluding hydrogens is 367 g/mol. The van der Waals surface area contributed by atoms with Crippen molar-refractivity contribution in [1.29, 1.82) is 0 Å². The average molecular weight is 385 g/mol. The van der Waals surface area contributed by atoms with Crippen LogP contribution in [0.2, 0.25) is 0 Å². The molecule has 1 atom stereocenters. The van der Waals surface area contributed by atoms with E-state index in [9.17, 15) is 9.18 Å². The summed E-state index contributed by atoms with van der Waals surface area (Å²) in [5, 5.41) is 2.77. The Morgan fingerprint density at radius 2 is 2.00 bits per heavy atom. The summed E-state index contributed by atoms with van der Waals surface area (Å²) in [6, 6.07) is 14.2. The molecule has 26 heavy (non-hydrogen) atoms. The highest BCUT2D eigenvalue weighted by Crippen LogP contribution is 2.38. The van der Waals surface area contributed by atoms with Gasteiger partial charge >= 0.3 is 0 Å². The van der Waals surface area contributed by atoms with E-state index in [1.54, 1.807) is 40.1 Å². The highest BCUT2D eigenvalue weighted by atomic mass is 32.2. The Labute approximate surface area is 159 Å². The quantitative estimate of drug-likeness (QED) is 0.645. The van der Waals surface area contributed by atoms with E-state index < -0.39 is 0 Å². The predicted octanol–water partition coefficient (Wildman–Crippen LogP) is 4.84. The number of nitrogens with zero attached hydrogens (tertiary/aromatic N) is 2. The van der Waals surface area contributed by atoms with Gasteiger partial charge in [0.1, 0.15) is 5.82 Å². The third-order valence-corrected chi connectivity index (χ3v) is 6.44. The number of benzene rings is 2. The molecule has 0 aliphatic carbocycles. The minimum atomic E-state index is -0.312. The third-order valence-electron chi connectivity index (χ3n) is 4.31. The molecule has 1 amide bonds. The summed E-state index contributed by atoms with van der Waals surface area (Å²) in [5.41, 5.74) is 2.75. The van der Waals surface area contributed by atoms with E-state index in [0.717, 1.165) is 15.6 Å². The number of anilines is 1. The van der Waals surface area contributed by atoms with Crippen LogP contribution in [-0.2, 0) is 17.8 Å². The molecule has 4 rings (SSSR count). The summed E-state index contributed by atoms with van der Waals surface area (Å²) >= 11 is 3.17. The van der Waals surface area contributed by atoms with Gasteiger partial charge in [-0.15, -0.1) is 23.1 Å². The first-order valence-electron chi connectivity index (χ1n) is 8.32. The lowest BCUT2D eigenvalue weighted by Gasteiger charge is -2.25. The second-order valence-corrected chi connectivity index (χ2v) is 8.48. The van der Waals surface area contributed by atoms with E-state index in [4.69, 9.17) is 0 Å². The molecule has 0 fully saturated rings. The van der Waals surface area contributed by atoms with Crippen LogP contribution in [0.4, 0.5) is 10.1 Å². The Bertz CT molecular complexity index is 914. The first kappa shape index (κ1) is 17.2. The number of halogens is 1. The number of carbonyl (C=O) groups is 1. The smallest absolute Gasteiger partial charge is 0.241 e. The summed E-state index contributed by atoms with van der Waals surface area (Å²) < 4.78 is 13.3. The van der Waals surface area contributed by atoms with Crippen LogP contribution in [0.5, 0.6) is 0 Å². The molecule has 0 radical (unpaired) electrons. The predicted molar refractivity (Wildman–Crippen MR) is 104 cm³/mol. The van der Waals surface area contributed by atoms with E-state index in [1.165, 1.54) is 17.7 Å². The lowest BCUT2D eigenvalue weighted by Crippen LogP contribution is -2.37. The molecule has 3 nitrogen and oxygen atoms in total. The second-order valence-electron chi connectivity index (χ2n) is 6.18. The van der Waals surface area contributed by atoms with Gasteiger partial charge in [0.2, 0.25) is 5.91 Å². The Kier molecular flexibility index (Phi) is 4.78. The van der Waals surface area contributed by atoms with Gasteiger partial charge in [-0.2, -0.15) is 0 Å². The molecule has 0 spiro atoms. The lowest BCUT2D eigenvalue weighted by molar-refractivity contribution is -0.118. The van der Waals surface area contributed by atoms with Crippen molar-refractivity contribution in [3.63, 3.8) is 0 Å². The van der Waals surface area contributed by atoms with Crippen molar-refractivity contribution >= 4 is 34.7 Å². The Hall–Kier alpha value is -2.18. The van der Waals surface area contributed by atoms with E-state index >= 15 is 0 Å². The normalized spacial score (nSPS) is 15.7. The zero-order chi connectivity index (χ0) is 18.1. The van der Waals surface area contributed by atoms with E-state index in [2.05, 4.69) is 17.1 Å². The molecule has 132 valence electrons. The van der Waals surface area contributed by atoms with Crippen LogP contribution in [0.15, 0.2) is 58.8 Å². The summed E-state index contributed by atoms with van der Waals surface area (Å²) in [7, 11) is 0. The molecule has 2 heterocycles. The molecule has 0 N–H and O–H groups in total. The summed E-state index contributed by atoms with van der Waals surface area (Å²) in [4.78, 5) is 20.7. The fourth-order valence-electron chi connectivity index (χ4n) is 3.05. The largest absolute Gasteiger partial charge is 0.305 e. The monoisotopic (exact) mass is 384 g/mol. The standard InChI is InChI=1S/C20H17FN2OS2/c1-13-22-16(12-25-13)11-23(17-8-6-15(21)7-9-17)20(24)19-10-14-4-2-3-5-18(14)26-19/h2-9,12,19H,10-11H2,1H3. The van der Waals surface area contributed by atoms with Crippen molar-refractivity contribution in [2.75, 3.05) is 4.90 Å². The van der Waals surface area contributed by atoms with Gasteiger partial charge in [-0.3, -0.25) is 4.79 Å². The summed E-state index contributed by atoms with van der Waals surface area (Å²) in [6.45, 7) is 2.34. The highest BCUT2D eigenvalue weighted by Gasteiger charge is 2.32. The number of amides is 1. The minimum Gasteiger partial charge on any atom is -0.305 e. The zero-order valence-electron chi connectivity index (χ0n) is 14.2. The molecule has 0 saturated carbocycles. The van der Waals surface area contributed by atoms with Gasteiger partial charge in [-0.1, -0.05) is 18.2 Å². The number of hydrogen-bond acceptors (Lipinski definition) is 4. The van der Waals surface area contributed by atoms with Crippen LogP contribution in [0.3, 0.4) is 0 Å². The molecule has 0 saturated heterocycles. The first-order valence-corrected chi connectivity index (χ1v) is 10.1. The zero-order valence-corrected chi connectivity index (χ0v) is 15.8. The molecular formula is C20H17FN2OS2. The van der Waals surface area contributed by atoms with Gasteiger partial charge in [-0.05, 0) is 49.2 Å². The second kappa shape index (κ2) is 7.21. The van der Waals surface area contributed by atoms with Gasteiger partial charge in [-0.25, -0.2) is 9.37 Å². The lowest BCUT2D eigenvalue weighted by atomic mass is 10.1. The number of fused-ring (bicyclic) bond motifs is 1. The molecule has 1 unspecified atom stereocenters. The van der Waals surface area contributed by atoms with Crippen LogP contribution in [0, 0.1) is 12.7 Å². The molecule has 0 bridgehead atoms. The molecule has 1 aliphatic heterocycles. The maximum absolute atomic E-state index is 13.3. The molecule has 6 heteroatoms. The van der Waals surface area contributed by atoms with E-state index in [1.807, 2.05) is 24.4 Å². The maximum Gasteiger partial charge on any atom is 0.241 e. The fraction of sp³-hybridized carbons (Fsp3) is 0.200. The van der Waals surface area contributed by atoms with Crippen molar-refractivity contribution in [2.45, 2.75) is 30.0 Å².